The molecule has 1 aliphatic heterocycles. The Morgan fingerprint density at radius 1 is 1.50 bits per heavy atom. The topological polar surface area (TPSA) is 27.1 Å². The molecule has 0 saturated carbocycles. The number of halogens is 1. The van der Waals surface area contributed by atoms with Crippen LogP contribution in [0.1, 0.15) is 24.6 Å². The summed E-state index contributed by atoms with van der Waals surface area (Å²) in [6, 6.07) is 3.36. The molecule has 0 N–H and O–H groups in total. The predicted molar refractivity (Wildman–Crippen MR) is 58.7 cm³/mol. The quantitative estimate of drug-likeness (QED) is 0.738. The molecule has 3 rings (SSSR count). The Morgan fingerprint density at radius 3 is 3.12 bits per heavy atom. The monoisotopic (exact) mass is 220 g/mol. The highest BCUT2D eigenvalue weighted by Crippen LogP contribution is 2.27. The van der Waals surface area contributed by atoms with Gasteiger partial charge in [0.25, 0.3) is 0 Å². The summed E-state index contributed by atoms with van der Waals surface area (Å²) >= 11 is 0. The number of hydrogen-bond donors (Lipinski definition) is 0. The minimum Gasteiger partial charge on any atom is -0.356 e. The van der Waals surface area contributed by atoms with Gasteiger partial charge in [-0.05, 0) is 37.5 Å². The molecule has 1 fully saturated rings. The van der Waals surface area contributed by atoms with Crippen molar-refractivity contribution in [2.45, 2.75) is 26.0 Å². The van der Waals surface area contributed by atoms with Gasteiger partial charge in [-0.1, -0.05) is 0 Å². The first-order valence-electron chi connectivity index (χ1n) is 5.50. The Hall–Kier alpha value is -1.42. The zero-order valence-corrected chi connectivity index (χ0v) is 9.11. The fourth-order valence-corrected chi connectivity index (χ4v) is 2.15. The molecule has 1 aromatic heterocycles. The first kappa shape index (κ1) is 9.78. The van der Waals surface area contributed by atoms with E-state index in [0.29, 0.717) is 5.56 Å². The van der Waals surface area contributed by atoms with E-state index in [2.05, 4.69) is 5.10 Å². The van der Waals surface area contributed by atoms with Gasteiger partial charge in [0, 0.05) is 12.0 Å². The maximum atomic E-state index is 13.4. The average Bonchev–Trinajstić information content (AvgIpc) is 2.87. The lowest BCUT2D eigenvalue weighted by Gasteiger charge is -2.11. The third-order valence-electron chi connectivity index (χ3n) is 3.05. The largest absolute Gasteiger partial charge is 0.356 e. The SMILES string of the molecule is Cc1cc2c(cnn2C2CCCO2)cc1F. The molecule has 0 aliphatic carbocycles. The highest BCUT2D eigenvalue weighted by molar-refractivity contribution is 5.79. The maximum absolute atomic E-state index is 13.4. The molecule has 1 atom stereocenters. The van der Waals surface area contributed by atoms with Gasteiger partial charge in [0.15, 0.2) is 6.23 Å². The van der Waals surface area contributed by atoms with Gasteiger partial charge in [0.2, 0.25) is 0 Å². The summed E-state index contributed by atoms with van der Waals surface area (Å²) in [6.07, 6.45) is 3.75. The minimum atomic E-state index is -0.181. The molecule has 1 saturated heterocycles. The summed E-state index contributed by atoms with van der Waals surface area (Å²) < 4.78 is 20.8. The fourth-order valence-electron chi connectivity index (χ4n) is 2.15. The lowest BCUT2D eigenvalue weighted by Crippen LogP contribution is -2.08. The van der Waals surface area contributed by atoms with Crippen molar-refractivity contribution >= 4 is 10.9 Å². The summed E-state index contributed by atoms with van der Waals surface area (Å²) in [5.74, 6) is -0.181. The molecule has 1 aliphatic rings. The number of fused-ring (bicyclic) bond motifs is 1. The van der Waals surface area contributed by atoms with Crippen molar-refractivity contribution in [1.29, 1.82) is 0 Å². The molecule has 0 amide bonds. The Morgan fingerprint density at radius 2 is 2.38 bits per heavy atom. The van der Waals surface area contributed by atoms with E-state index in [1.165, 1.54) is 6.07 Å². The van der Waals surface area contributed by atoms with Crippen LogP contribution in [0.5, 0.6) is 0 Å². The van der Waals surface area contributed by atoms with Gasteiger partial charge in [0.1, 0.15) is 5.82 Å². The van der Waals surface area contributed by atoms with Crippen LogP contribution < -0.4 is 0 Å². The van der Waals surface area contributed by atoms with E-state index in [0.717, 1.165) is 30.4 Å². The Kier molecular flexibility index (Phi) is 2.17. The molecule has 0 bridgehead atoms. The van der Waals surface area contributed by atoms with Crippen LogP contribution >= 0.6 is 0 Å². The summed E-state index contributed by atoms with van der Waals surface area (Å²) in [6.45, 7) is 2.55. The Bertz CT molecular complexity index is 529. The van der Waals surface area contributed by atoms with Crippen LogP contribution in [0.4, 0.5) is 4.39 Å². The van der Waals surface area contributed by atoms with Crippen LogP contribution in [-0.4, -0.2) is 16.4 Å². The molecule has 0 spiro atoms. The third-order valence-corrected chi connectivity index (χ3v) is 3.05. The van der Waals surface area contributed by atoms with Crippen molar-refractivity contribution in [3.05, 3.63) is 29.7 Å². The third kappa shape index (κ3) is 1.41. The molecule has 2 heterocycles. The number of aryl methyl sites for hydroxylation is 1. The van der Waals surface area contributed by atoms with Crippen molar-refractivity contribution < 1.29 is 9.13 Å². The lowest BCUT2D eigenvalue weighted by molar-refractivity contribution is 0.0503. The van der Waals surface area contributed by atoms with E-state index < -0.39 is 0 Å². The van der Waals surface area contributed by atoms with Gasteiger partial charge in [-0.3, -0.25) is 0 Å². The average molecular weight is 220 g/mol. The van der Waals surface area contributed by atoms with E-state index in [-0.39, 0.29) is 12.0 Å². The lowest BCUT2D eigenvalue weighted by atomic mass is 10.2. The number of hydrogen-bond acceptors (Lipinski definition) is 2. The minimum absolute atomic E-state index is 0.0161. The Labute approximate surface area is 92.8 Å². The van der Waals surface area contributed by atoms with E-state index in [1.54, 1.807) is 13.1 Å². The standard InChI is InChI=1S/C12H13FN2O/c1-8-5-11-9(6-10(8)13)7-14-15(11)12-3-2-4-16-12/h5-7,12H,2-4H2,1H3. The van der Waals surface area contributed by atoms with Gasteiger partial charge >= 0.3 is 0 Å². The first-order valence-corrected chi connectivity index (χ1v) is 5.50. The van der Waals surface area contributed by atoms with E-state index in [4.69, 9.17) is 4.74 Å². The van der Waals surface area contributed by atoms with Gasteiger partial charge in [-0.25, -0.2) is 9.07 Å². The second kappa shape index (κ2) is 3.56. The highest BCUT2D eigenvalue weighted by atomic mass is 19.1. The molecule has 0 radical (unpaired) electrons. The van der Waals surface area contributed by atoms with Crippen LogP contribution in [0.2, 0.25) is 0 Å². The van der Waals surface area contributed by atoms with Crippen molar-refractivity contribution in [3.63, 3.8) is 0 Å². The number of nitrogens with zero attached hydrogens (tertiary/aromatic N) is 2. The maximum Gasteiger partial charge on any atom is 0.150 e. The summed E-state index contributed by atoms with van der Waals surface area (Å²) in [4.78, 5) is 0. The molecule has 16 heavy (non-hydrogen) atoms. The number of rotatable bonds is 1. The van der Waals surface area contributed by atoms with Crippen molar-refractivity contribution in [3.8, 4) is 0 Å². The molecular formula is C12H13FN2O. The van der Waals surface area contributed by atoms with Crippen LogP contribution in [0, 0.1) is 12.7 Å². The van der Waals surface area contributed by atoms with Gasteiger partial charge < -0.3 is 4.74 Å². The van der Waals surface area contributed by atoms with Crippen molar-refractivity contribution in [2.24, 2.45) is 0 Å². The van der Waals surface area contributed by atoms with Crippen LogP contribution in [0.15, 0.2) is 18.3 Å². The normalized spacial score (nSPS) is 20.8. The highest BCUT2D eigenvalue weighted by Gasteiger charge is 2.20. The summed E-state index contributed by atoms with van der Waals surface area (Å²) in [7, 11) is 0. The molecule has 3 nitrogen and oxygen atoms in total. The van der Waals surface area contributed by atoms with Crippen LogP contribution in [-0.2, 0) is 4.74 Å². The predicted octanol–water partition coefficient (Wildman–Crippen LogP) is 2.79. The van der Waals surface area contributed by atoms with Crippen molar-refractivity contribution in [1.82, 2.24) is 9.78 Å². The summed E-state index contributed by atoms with van der Waals surface area (Å²) in [5.41, 5.74) is 1.60. The zero-order chi connectivity index (χ0) is 11.1. The van der Waals surface area contributed by atoms with Crippen LogP contribution in [0.25, 0.3) is 10.9 Å². The first-order chi connectivity index (χ1) is 7.75. The number of aromatic nitrogens is 2. The van der Waals surface area contributed by atoms with Gasteiger partial charge in [-0.15, -0.1) is 0 Å². The van der Waals surface area contributed by atoms with E-state index in [9.17, 15) is 4.39 Å². The fraction of sp³-hybridized carbons (Fsp3) is 0.417. The Balaban J connectivity index is 2.15. The second-order valence-corrected chi connectivity index (χ2v) is 4.22. The molecular weight excluding hydrogens is 207 g/mol. The summed E-state index contributed by atoms with van der Waals surface area (Å²) in [5, 5.41) is 5.12. The number of ether oxygens (including phenoxy) is 1. The van der Waals surface area contributed by atoms with Crippen LogP contribution in [0.3, 0.4) is 0 Å². The second-order valence-electron chi connectivity index (χ2n) is 4.22. The zero-order valence-electron chi connectivity index (χ0n) is 9.11. The molecule has 1 aromatic carbocycles. The van der Waals surface area contributed by atoms with E-state index >= 15 is 0 Å². The van der Waals surface area contributed by atoms with Gasteiger partial charge in [-0.2, -0.15) is 5.10 Å². The smallest absolute Gasteiger partial charge is 0.150 e. The van der Waals surface area contributed by atoms with Crippen molar-refractivity contribution in [2.75, 3.05) is 6.61 Å². The molecule has 1 unspecified atom stereocenters. The molecule has 4 heteroatoms. The van der Waals surface area contributed by atoms with Gasteiger partial charge in [0.05, 0.1) is 11.7 Å². The van der Waals surface area contributed by atoms with E-state index in [1.807, 2.05) is 10.7 Å². The molecule has 84 valence electrons. The number of benzene rings is 1. The molecule has 2 aromatic rings.